The standard InChI is InChI=1S/C21H31BrN4/c1-16(24-20-11-9-19(22)10-12-20)25-21(23)18-8-5-13-26(15-18)14-17-6-3-2-4-7-17/h9-12,17-18,24H,1-8,13-15H2,(H2,23,25). The molecule has 1 unspecified atom stereocenters. The Morgan fingerprint density at radius 1 is 1.15 bits per heavy atom. The van der Waals surface area contributed by atoms with Gasteiger partial charge >= 0.3 is 0 Å². The van der Waals surface area contributed by atoms with Crippen molar-refractivity contribution in [2.45, 2.75) is 44.9 Å². The lowest BCUT2D eigenvalue weighted by Crippen LogP contribution is -2.43. The van der Waals surface area contributed by atoms with Crippen LogP contribution in [-0.4, -0.2) is 30.4 Å². The molecule has 2 aliphatic rings. The first-order valence-electron chi connectivity index (χ1n) is 9.88. The topological polar surface area (TPSA) is 53.6 Å². The summed E-state index contributed by atoms with van der Waals surface area (Å²) in [6.07, 6.45) is 9.38. The molecule has 1 aliphatic carbocycles. The van der Waals surface area contributed by atoms with Gasteiger partial charge in [-0.3, -0.25) is 0 Å². The fourth-order valence-corrected chi connectivity index (χ4v) is 4.44. The van der Waals surface area contributed by atoms with Gasteiger partial charge in [-0.25, -0.2) is 4.99 Å². The molecule has 1 aliphatic heterocycles. The Morgan fingerprint density at radius 3 is 2.62 bits per heavy atom. The number of benzene rings is 1. The predicted octanol–water partition coefficient (Wildman–Crippen LogP) is 4.98. The number of nitrogens with zero attached hydrogens (tertiary/aromatic N) is 2. The van der Waals surface area contributed by atoms with Crippen molar-refractivity contribution in [3.8, 4) is 0 Å². The van der Waals surface area contributed by atoms with E-state index >= 15 is 0 Å². The monoisotopic (exact) mass is 418 g/mol. The van der Waals surface area contributed by atoms with E-state index in [2.05, 4.69) is 37.7 Å². The number of halogens is 1. The fraction of sp³-hybridized carbons (Fsp3) is 0.571. The summed E-state index contributed by atoms with van der Waals surface area (Å²) in [6, 6.07) is 7.97. The van der Waals surface area contributed by atoms with Gasteiger partial charge in [0.05, 0.1) is 0 Å². The third-order valence-corrected chi connectivity index (χ3v) is 6.09. The Bertz CT molecular complexity index is 619. The van der Waals surface area contributed by atoms with Crippen LogP contribution in [-0.2, 0) is 0 Å². The average Bonchev–Trinajstić information content (AvgIpc) is 2.64. The van der Waals surface area contributed by atoms with Crippen LogP contribution >= 0.6 is 15.9 Å². The molecule has 1 heterocycles. The number of nitrogens with one attached hydrogen (secondary N) is 1. The number of likely N-dealkylation sites (tertiary alicyclic amines) is 1. The van der Waals surface area contributed by atoms with Gasteiger partial charge in [-0.2, -0.15) is 0 Å². The molecule has 1 aromatic rings. The average molecular weight is 419 g/mol. The predicted molar refractivity (Wildman–Crippen MR) is 114 cm³/mol. The lowest BCUT2D eigenvalue weighted by molar-refractivity contribution is 0.157. The van der Waals surface area contributed by atoms with E-state index in [-0.39, 0.29) is 0 Å². The Balaban J connectivity index is 1.52. The van der Waals surface area contributed by atoms with Crippen LogP contribution in [0, 0.1) is 11.8 Å². The van der Waals surface area contributed by atoms with Gasteiger partial charge in [0.2, 0.25) is 0 Å². The maximum atomic E-state index is 6.34. The van der Waals surface area contributed by atoms with E-state index in [9.17, 15) is 0 Å². The van der Waals surface area contributed by atoms with Crippen molar-refractivity contribution in [2.75, 3.05) is 25.0 Å². The normalized spacial score (nSPS) is 23.0. The lowest BCUT2D eigenvalue weighted by Gasteiger charge is -2.35. The van der Waals surface area contributed by atoms with Crippen molar-refractivity contribution in [3.63, 3.8) is 0 Å². The summed E-state index contributed by atoms with van der Waals surface area (Å²) in [6.45, 7) is 7.50. The second-order valence-electron chi connectivity index (χ2n) is 7.72. The van der Waals surface area contributed by atoms with Crippen LogP contribution in [0.2, 0.25) is 0 Å². The van der Waals surface area contributed by atoms with E-state index in [0.717, 1.165) is 29.0 Å². The van der Waals surface area contributed by atoms with E-state index in [4.69, 9.17) is 5.73 Å². The van der Waals surface area contributed by atoms with E-state index in [0.29, 0.717) is 17.6 Å². The van der Waals surface area contributed by atoms with Crippen molar-refractivity contribution in [1.29, 1.82) is 0 Å². The molecular formula is C21H31BrN4. The molecule has 4 nitrogen and oxygen atoms in total. The summed E-state index contributed by atoms with van der Waals surface area (Å²) in [5.41, 5.74) is 7.31. The fourth-order valence-electron chi connectivity index (χ4n) is 4.17. The van der Waals surface area contributed by atoms with E-state index in [1.807, 2.05) is 24.3 Å². The molecule has 3 N–H and O–H groups in total. The Hall–Kier alpha value is -1.33. The molecular weight excluding hydrogens is 388 g/mol. The Kier molecular flexibility index (Phi) is 7.15. The highest BCUT2D eigenvalue weighted by atomic mass is 79.9. The summed E-state index contributed by atoms with van der Waals surface area (Å²) >= 11 is 3.44. The molecule has 142 valence electrons. The highest BCUT2D eigenvalue weighted by Gasteiger charge is 2.25. The third-order valence-electron chi connectivity index (χ3n) is 5.56. The Morgan fingerprint density at radius 2 is 1.88 bits per heavy atom. The molecule has 5 heteroatoms. The number of hydrogen-bond donors (Lipinski definition) is 2. The zero-order valence-electron chi connectivity index (χ0n) is 15.6. The van der Waals surface area contributed by atoms with Gasteiger partial charge in [-0.1, -0.05) is 41.8 Å². The molecule has 1 atom stereocenters. The minimum Gasteiger partial charge on any atom is -0.387 e. The summed E-state index contributed by atoms with van der Waals surface area (Å²) in [4.78, 5) is 7.16. The molecule has 0 radical (unpaired) electrons. The van der Waals surface area contributed by atoms with E-state index < -0.39 is 0 Å². The number of anilines is 1. The van der Waals surface area contributed by atoms with Gasteiger partial charge in [-0.15, -0.1) is 0 Å². The van der Waals surface area contributed by atoms with Crippen LogP contribution in [0.15, 0.2) is 46.1 Å². The van der Waals surface area contributed by atoms with Gasteiger partial charge in [0.15, 0.2) is 0 Å². The summed E-state index contributed by atoms with van der Waals surface area (Å²) < 4.78 is 1.05. The molecule has 0 aromatic heterocycles. The molecule has 1 saturated heterocycles. The number of hydrogen-bond acceptors (Lipinski definition) is 3. The SMILES string of the molecule is C=C(/N=C(\N)C1CCCN(CC2CCCCC2)C1)Nc1ccc(Br)cc1. The molecule has 1 saturated carbocycles. The minimum atomic E-state index is 0.343. The molecule has 26 heavy (non-hydrogen) atoms. The quantitative estimate of drug-likeness (QED) is 0.505. The van der Waals surface area contributed by atoms with Crippen LogP contribution in [0.3, 0.4) is 0 Å². The number of aliphatic imine (C=N–C) groups is 1. The minimum absolute atomic E-state index is 0.343. The Labute approximate surface area is 166 Å². The largest absolute Gasteiger partial charge is 0.387 e. The maximum Gasteiger partial charge on any atom is 0.125 e. The summed E-state index contributed by atoms with van der Waals surface area (Å²) in [5.74, 6) is 2.55. The first-order valence-corrected chi connectivity index (χ1v) is 10.7. The van der Waals surface area contributed by atoms with Crippen LogP contribution in [0.25, 0.3) is 0 Å². The zero-order valence-corrected chi connectivity index (χ0v) is 17.2. The second kappa shape index (κ2) is 9.56. The third kappa shape index (κ3) is 5.85. The van der Waals surface area contributed by atoms with Gasteiger partial charge < -0.3 is 16.0 Å². The van der Waals surface area contributed by atoms with E-state index in [1.165, 1.54) is 51.6 Å². The molecule has 0 spiro atoms. The molecule has 2 fully saturated rings. The first-order chi connectivity index (χ1) is 12.6. The van der Waals surface area contributed by atoms with Crippen LogP contribution < -0.4 is 11.1 Å². The number of rotatable bonds is 6. The van der Waals surface area contributed by atoms with Crippen molar-refractivity contribution in [2.24, 2.45) is 22.6 Å². The van der Waals surface area contributed by atoms with Crippen molar-refractivity contribution in [1.82, 2.24) is 4.90 Å². The van der Waals surface area contributed by atoms with Crippen LogP contribution in [0.4, 0.5) is 5.69 Å². The maximum absolute atomic E-state index is 6.34. The molecule has 3 rings (SSSR count). The molecule has 1 aromatic carbocycles. The smallest absolute Gasteiger partial charge is 0.125 e. The van der Waals surface area contributed by atoms with Crippen molar-refractivity contribution in [3.05, 3.63) is 41.1 Å². The summed E-state index contributed by atoms with van der Waals surface area (Å²) in [7, 11) is 0. The van der Waals surface area contributed by atoms with Crippen molar-refractivity contribution < 1.29 is 0 Å². The van der Waals surface area contributed by atoms with Crippen molar-refractivity contribution >= 4 is 27.5 Å². The highest BCUT2D eigenvalue weighted by molar-refractivity contribution is 9.10. The number of nitrogens with two attached hydrogens (primary N) is 1. The zero-order chi connectivity index (χ0) is 18.4. The molecule has 0 amide bonds. The highest BCUT2D eigenvalue weighted by Crippen LogP contribution is 2.26. The van der Waals surface area contributed by atoms with Crippen LogP contribution in [0.1, 0.15) is 44.9 Å². The van der Waals surface area contributed by atoms with Crippen LogP contribution in [0.5, 0.6) is 0 Å². The first kappa shape index (κ1) is 19.4. The van der Waals surface area contributed by atoms with Gasteiger partial charge in [-0.05, 0) is 62.4 Å². The lowest BCUT2D eigenvalue weighted by atomic mass is 9.88. The van der Waals surface area contributed by atoms with E-state index in [1.54, 1.807) is 0 Å². The van der Waals surface area contributed by atoms with Gasteiger partial charge in [0.1, 0.15) is 11.7 Å². The number of piperidine rings is 1. The van der Waals surface area contributed by atoms with Gasteiger partial charge in [0, 0.05) is 29.2 Å². The second-order valence-corrected chi connectivity index (χ2v) is 8.63. The van der Waals surface area contributed by atoms with Gasteiger partial charge in [0.25, 0.3) is 0 Å². The summed E-state index contributed by atoms with van der Waals surface area (Å²) in [5, 5.41) is 3.22. The number of amidine groups is 1. The molecule has 0 bridgehead atoms.